The van der Waals surface area contributed by atoms with Crippen LogP contribution in [-0.2, 0) is 20.6 Å². The molecule has 49 heavy (non-hydrogen) atoms. The Bertz CT molecular complexity index is 1930. The summed E-state index contributed by atoms with van der Waals surface area (Å²) in [5, 5.41) is 4.02. The van der Waals surface area contributed by atoms with E-state index in [0.29, 0.717) is 33.3 Å². The predicted octanol–water partition coefficient (Wildman–Crippen LogP) is 6.13. The molecule has 0 bridgehead atoms. The number of halogens is 2. The fraction of sp³-hybridized carbons (Fsp3) is 0.364. The molecule has 0 aliphatic carbocycles. The van der Waals surface area contributed by atoms with Crippen molar-refractivity contribution in [1.82, 2.24) is 24.2 Å². The Morgan fingerprint density at radius 1 is 1.08 bits per heavy atom. The first-order valence-corrected chi connectivity index (χ1v) is 16.7. The van der Waals surface area contributed by atoms with Crippen molar-refractivity contribution < 1.29 is 36.8 Å². The summed E-state index contributed by atoms with van der Waals surface area (Å²) in [5.41, 5.74) is 0.896. The number of aryl methyl sites for hydroxylation is 1. The maximum Gasteiger partial charge on any atom is 0.423 e. The molecule has 0 radical (unpaired) electrons. The van der Waals surface area contributed by atoms with E-state index in [1.807, 2.05) is 6.92 Å². The molecule has 2 N–H and O–H groups in total. The Morgan fingerprint density at radius 3 is 2.63 bits per heavy atom. The first-order chi connectivity index (χ1) is 23.4. The largest absolute Gasteiger partial charge is 0.447 e. The number of nitrogens with zero attached hydrogens (tertiary/aromatic N) is 5. The van der Waals surface area contributed by atoms with E-state index in [1.165, 1.54) is 11.0 Å². The molecule has 2 fully saturated rings. The zero-order valence-corrected chi connectivity index (χ0v) is 28.1. The second-order valence-electron chi connectivity index (χ2n) is 12.6. The first-order valence-electron chi connectivity index (χ1n) is 15.6. The lowest BCUT2D eigenvalue weighted by atomic mass is 10.0. The van der Waals surface area contributed by atoms with Gasteiger partial charge in [0.15, 0.2) is 0 Å². The van der Waals surface area contributed by atoms with Gasteiger partial charge in [-0.05, 0) is 63.6 Å². The van der Waals surface area contributed by atoms with Crippen molar-refractivity contribution >= 4 is 45.8 Å². The molecule has 13 nitrogen and oxygen atoms in total. The van der Waals surface area contributed by atoms with Crippen LogP contribution in [0.25, 0.3) is 22.0 Å². The Kier molecular flexibility index (Phi) is 9.50. The number of hydrogen-bond donors (Lipinski definition) is 2. The zero-order valence-electron chi connectivity index (χ0n) is 27.2. The zero-order chi connectivity index (χ0) is 34.9. The van der Waals surface area contributed by atoms with Crippen LogP contribution >= 0.6 is 0 Å². The number of pyridine rings is 1. The standard InChI is InChI=1S/C33H35F2N7O6S/c1-19-7-8-22-23(9-10-25(35)27(22)40-49(45)42-14-15-46-32(42)44)28(19)47-29-24(6-5-12-36-29)26-11-13-37-30(39-26)38-21-16-20(34)17-41(18-21)31(43)48-33(2,3)4/h5-13,20-21,40H,14-18H2,1-4H3,(H,37,38,39). The number of nitrogens with one attached hydrogen (secondary N) is 2. The number of hydrogen-bond acceptors (Lipinski definition) is 10. The van der Waals surface area contributed by atoms with Gasteiger partial charge in [0.2, 0.25) is 23.0 Å². The highest BCUT2D eigenvalue weighted by Gasteiger charge is 2.33. The number of anilines is 2. The van der Waals surface area contributed by atoms with Crippen molar-refractivity contribution in [3.05, 3.63) is 66.2 Å². The number of carbonyl (C=O) groups excluding carboxylic acids is 2. The van der Waals surface area contributed by atoms with Crippen molar-refractivity contribution in [2.75, 3.05) is 36.3 Å². The molecule has 2 aliphatic rings. The van der Waals surface area contributed by atoms with Crippen LogP contribution in [-0.4, -0.2) is 84.6 Å². The van der Waals surface area contributed by atoms with E-state index in [9.17, 15) is 18.2 Å². The van der Waals surface area contributed by atoms with E-state index in [4.69, 9.17) is 14.2 Å². The van der Waals surface area contributed by atoms with E-state index >= 15 is 4.39 Å². The molecule has 2 aliphatic heterocycles. The molecule has 2 amide bonds. The van der Waals surface area contributed by atoms with Gasteiger partial charge >= 0.3 is 12.2 Å². The fourth-order valence-electron chi connectivity index (χ4n) is 5.51. The Hall–Kier alpha value is -5.12. The minimum Gasteiger partial charge on any atom is -0.447 e. The molecular formula is C33H35F2N7O6S. The molecule has 4 heterocycles. The Balaban J connectivity index is 1.26. The van der Waals surface area contributed by atoms with Crippen molar-refractivity contribution in [3.63, 3.8) is 0 Å². The number of alkyl halides is 1. The van der Waals surface area contributed by atoms with Gasteiger partial charge in [-0.15, -0.1) is 0 Å². The highest BCUT2D eigenvalue weighted by atomic mass is 32.2. The molecule has 3 atom stereocenters. The third kappa shape index (κ3) is 7.63. The third-order valence-electron chi connectivity index (χ3n) is 7.70. The van der Waals surface area contributed by atoms with E-state index < -0.39 is 47.0 Å². The average Bonchev–Trinajstić information content (AvgIpc) is 3.48. The first kappa shape index (κ1) is 33.8. The number of fused-ring (bicyclic) bond motifs is 1. The highest BCUT2D eigenvalue weighted by molar-refractivity contribution is 7.84. The second-order valence-corrected chi connectivity index (χ2v) is 13.7. The summed E-state index contributed by atoms with van der Waals surface area (Å²) in [6.07, 6.45) is 0.645. The summed E-state index contributed by atoms with van der Waals surface area (Å²) >= 11 is -2.09. The van der Waals surface area contributed by atoms with Crippen LogP contribution in [0.1, 0.15) is 32.8 Å². The number of ether oxygens (including phenoxy) is 3. The van der Waals surface area contributed by atoms with Gasteiger partial charge in [0.25, 0.3) is 0 Å². The maximum atomic E-state index is 15.1. The highest BCUT2D eigenvalue weighted by Crippen LogP contribution is 2.40. The predicted molar refractivity (Wildman–Crippen MR) is 179 cm³/mol. The summed E-state index contributed by atoms with van der Waals surface area (Å²) in [7, 11) is 0. The van der Waals surface area contributed by atoms with Crippen LogP contribution in [0.15, 0.2) is 54.9 Å². The molecule has 0 spiro atoms. The molecule has 0 saturated carbocycles. The van der Waals surface area contributed by atoms with Gasteiger partial charge in [0.1, 0.15) is 29.9 Å². The summed E-state index contributed by atoms with van der Waals surface area (Å²) in [6, 6.07) is 10.8. The third-order valence-corrected chi connectivity index (χ3v) is 8.81. The second kappa shape index (κ2) is 13.8. The number of carbonyl (C=O) groups is 2. The lowest BCUT2D eigenvalue weighted by Crippen LogP contribution is -2.51. The monoisotopic (exact) mass is 695 g/mol. The van der Waals surface area contributed by atoms with Crippen molar-refractivity contribution in [3.8, 4) is 22.9 Å². The Morgan fingerprint density at radius 2 is 1.88 bits per heavy atom. The minimum atomic E-state index is -2.09. The number of likely N-dealkylation sites (tertiary alicyclic amines) is 1. The van der Waals surface area contributed by atoms with Gasteiger partial charge in [-0.1, -0.05) is 12.1 Å². The Labute approximate surface area is 283 Å². The topological polar surface area (TPSA) is 148 Å². The van der Waals surface area contributed by atoms with Crippen molar-refractivity contribution in [1.29, 1.82) is 0 Å². The van der Waals surface area contributed by atoms with Crippen molar-refractivity contribution in [2.45, 2.75) is 51.9 Å². The number of piperidine rings is 1. The molecule has 4 aromatic rings. The van der Waals surface area contributed by atoms with Crippen LogP contribution < -0.4 is 14.8 Å². The van der Waals surface area contributed by atoms with Gasteiger partial charge in [0.05, 0.1) is 30.0 Å². The number of amides is 2. The van der Waals surface area contributed by atoms with Crippen molar-refractivity contribution in [2.24, 2.45) is 0 Å². The van der Waals surface area contributed by atoms with Crippen LogP contribution in [0, 0.1) is 12.7 Å². The molecule has 2 aromatic carbocycles. The quantitative estimate of drug-likeness (QED) is 0.221. The van der Waals surface area contributed by atoms with Gasteiger partial charge in [-0.2, -0.15) is 0 Å². The molecule has 2 saturated heterocycles. The van der Waals surface area contributed by atoms with Crippen LogP contribution in [0.5, 0.6) is 11.6 Å². The van der Waals surface area contributed by atoms with E-state index in [1.54, 1.807) is 69.6 Å². The van der Waals surface area contributed by atoms with Gasteiger partial charge < -0.3 is 24.4 Å². The number of cyclic esters (lactones) is 1. The number of aromatic nitrogens is 3. The van der Waals surface area contributed by atoms with E-state index in [2.05, 4.69) is 25.0 Å². The molecule has 3 unspecified atom stereocenters. The van der Waals surface area contributed by atoms with E-state index in [-0.39, 0.29) is 50.2 Å². The minimum absolute atomic E-state index is 0.0624. The average molecular weight is 696 g/mol. The smallest absolute Gasteiger partial charge is 0.423 e. The van der Waals surface area contributed by atoms with Crippen LogP contribution in [0.3, 0.4) is 0 Å². The summed E-state index contributed by atoms with van der Waals surface area (Å²) in [5.74, 6) is 0.118. The molecule has 2 aromatic heterocycles. The normalized spacial score (nSPS) is 18.6. The maximum absolute atomic E-state index is 15.1. The summed E-state index contributed by atoms with van der Waals surface area (Å²) in [6.45, 7) is 7.41. The molecular weight excluding hydrogens is 660 g/mol. The molecule has 6 rings (SSSR count). The SMILES string of the molecule is Cc1ccc2c(NS(=O)N3CCOC3=O)c(F)ccc2c1Oc1ncccc1-c1ccnc(NC2CC(F)CN(C(=O)OC(C)(C)C)C2)n1. The molecule has 16 heteroatoms. The van der Waals surface area contributed by atoms with Gasteiger partial charge in [0, 0.05) is 42.2 Å². The van der Waals surface area contributed by atoms with E-state index in [0.717, 1.165) is 4.31 Å². The summed E-state index contributed by atoms with van der Waals surface area (Å²) in [4.78, 5) is 39.3. The number of rotatable bonds is 8. The number of benzene rings is 2. The summed E-state index contributed by atoms with van der Waals surface area (Å²) < 4.78 is 63.0. The lowest BCUT2D eigenvalue weighted by Gasteiger charge is -2.36. The van der Waals surface area contributed by atoms with Crippen LogP contribution in [0.2, 0.25) is 0 Å². The fourth-order valence-corrected chi connectivity index (χ4v) is 6.43. The van der Waals surface area contributed by atoms with Gasteiger partial charge in [-0.3, -0.25) is 4.72 Å². The van der Waals surface area contributed by atoms with Gasteiger partial charge in [-0.25, -0.2) is 41.8 Å². The lowest BCUT2D eigenvalue weighted by molar-refractivity contribution is 0.0124. The van der Waals surface area contributed by atoms with Crippen LogP contribution in [0.4, 0.5) is 30.0 Å². The molecule has 258 valence electrons.